The highest BCUT2D eigenvalue weighted by Gasteiger charge is 2.25. The Hall–Kier alpha value is -2.11. The minimum atomic E-state index is -0.563. The van der Waals surface area contributed by atoms with Crippen LogP contribution in [0.25, 0.3) is 0 Å². The first-order valence-electron chi connectivity index (χ1n) is 6.81. The number of benzene rings is 1. The molecular weight excluding hydrogens is 258 g/mol. The number of hydrogen-bond acceptors (Lipinski definition) is 4. The molecule has 1 saturated carbocycles. The highest BCUT2D eigenvalue weighted by atomic mass is 16.6. The molecule has 6 nitrogen and oxygen atoms in total. The van der Waals surface area contributed by atoms with E-state index >= 15 is 0 Å². The monoisotopic (exact) mass is 277 g/mol. The van der Waals surface area contributed by atoms with Crippen LogP contribution in [0.4, 0.5) is 11.4 Å². The Balaban J connectivity index is 2.08. The van der Waals surface area contributed by atoms with Gasteiger partial charge in [0.1, 0.15) is 5.56 Å². The SMILES string of the molecule is CC1CCCC1CNC(=O)c1cc(N)ccc1[N+](=O)[O-]. The number of carbonyl (C=O) groups excluding carboxylic acids is 1. The summed E-state index contributed by atoms with van der Waals surface area (Å²) in [5.41, 5.74) is 5.76. The van der Waals surface area contributed by atoms with Crippen molar-refractivity contribution in [3.8, 4) is 0 Å². The maximum absolute atomic E-state index is 12.1. The van der Waals surface area contributed by atoms with E-state index in [1.807, 2.05) is 0 Å². The third kappa shape index (κ3) is 3.07. The highest BCUT2D eigenvalue weighted by Crippen LogP contribution is 2.30. The molecule has 0 aliphatic heterocycles. The maximum atomic E-state index is 12.1. The van der Waals surface area contributed by atoms with Gasteiger partial charge in [-0.05, 0) is 30.4 Å². The van der Waals surface area contributed by atoms with Crippen LogP contribution in [0, 0.1) is 22.0 Å². The molecule has 0 heterocycles. The fourth-order valence-electron chi connectivity index (χ4n) is 2.74. The molecule has 0 spiro atoms. The second kappa shape index (κ2) is 5.90. The molecule has 6 heteroatoms. The standard InChI is InChI=1S/C14H19N3O3/c1-9-3-2-4-10(9)8-16-14(18)12-7-11(15)5-6-13(12)17(19)20/h5-7,9-10H,2-4,8,15H2,1H3,(H,16,18). The maximum Gasteiger partial charge on any atom is 0.282 e. The van der Waals surface area contributed by atoms with E-state index < -0.39 is 10.8 Å². The van der Waals surface area contributed by atoms with E-state index in [1.165, 1.54) is 31.0 Å². The number of nitrogens with one attached hydrogen (secondary N) is 1. The summed E-state index contributed by atoms with van der Waals surface area (Å²) in [6, 6.07) is 4.04. The summed E-state index contributed by atoms with van der Waals surface area (Å²) in [5, 5.41) is 13.7. The van der Waals surface area contributed by atoms with E-state index in [0.29, 0.717) is 24.1 Å². The quantitative estimate of drug-likeness (QED) is 0.501. The molecular formula is C14H19N3O3. The molecule has 1 fully saturated rings. The molecule has 1 aromatic carbocycles. The number of nitrogens with zero attached hydrogens (tertiary/aromatic N) is 1. The number of nitro groups is 1. The van der Waals surface area contributed by atoms with E-state index in [2.05, 4.69) is 12.2 Å². The van der Waals surface area contributed by atoms with Gasteiger partial charge < -0.3 is 11.1 Å². The Bertz CT molecular complexity index is 530. The van der Waals surface area contributed by atoms with Crippen molar-refractivity contribution in [3.63, 3.8) is 0 Å². The van der Waals surface area contributed by atoms with Gasteiger partial charge in [0.25, 0.3) is 11.6 Å². The van der Waals surface area contributed by atoms with Crippen molar-refractivity contribution in [1.82, 2.24) is 5.32 Å². The molecule has 1 aromatic rings. The minimum Gasteiger partial charge on any atom is -0.399 e. The molecule has 3 N–H and O–H groups in total. The summed E-state index contributed by atoms with van der Waals surface area (Å²) in [6.07, 6.45) is 3.46. The number of amides is 1. The molecule has 2 unspecified atom stereocenters. The number of rotatable bonds is 4. The van der Waals surface area contributed by atoms with Crippen LogP contribution in [0.2, 0.25) is 0 Å². The van der Waals surface area contributed by atoms with Gasteiger partial charge in [0.15, 0.2) is 0 Å². The van der Waals surface area contributed by atoms with Crippen LogP contribution in [-0.4, -0.2) is 17.4 Å². The zero-order valence-electron chi connectivity index (χ0n) is 11.5. The summed E-state index contributed by atoms with van der Waals surface area (Å²) < 4.78 is 0. The molecule has 0 bridgehead atoms. The molecule has 1 aliphatic carbocycles. The molecule has 0 aromatic heterocycles. The van der Waals surface area contributed by atoms with Crippen molar-refractivity contribution in [2.75, 3.05) is 12.3 Å². The number of nitrogens with two attached hydrogens (primary N) is 1. The topological polar surface area (TPSA) is 98.3 Å². The molecule has 2 atom stereocenters. The number of anilines is 1. The predicted molar refractivity (Wildman–Crippen MR) is 76.3 cm³/mol. The average Bonchev–Trinajstić information content (AvgIpc) is 2.81. The Morgan fingerprint density at radius 1 is 1.50 bits per heavy atom. The van der Waals surface area contributed by atoms with Crippen molar-refractivity contribution < 1.29 is 9.72 Å². The second-order valence-electron chi connectivity index (χ2n) is 5.41. The van der Waals surface area contributed by atoms with Gasteiger partial charge in [-0.1, -0.05) is 19.8 Å². The lowest BCUT2D eigenvalue weighted by molar-refractivity contribution is -0.385. The van der Waals surface area contributed by atoms with E-state index in [9.17, 15) is 14.9 Å². The number of carbonyl (C=O) groups is 1. The minimum absolute atomic E-state index is 0.0284. The third-order valence-electron chi connectivity index (χ3n) is 4.03. The molecule has 1 aliphatic rings. The molecule has 0 saturated heterocycles. The van der Waals surface area contributed by atoms with Gasteiger partial charge in [0.2, 0.25) is 0 Å². The summed E-state index contributed by atoms with van der Waals surface area (Å²) in [6.45, 7) is 2.73. The summed E-state index contributed by atoms with van der Waals surface area (Å²) in [7, 11) is 0. The molecule has 0 radical (unpaired) electrons. The van der Waals surface area contributed by atoms with Gasteiger partial charge in [-0.25, -0.2) is 0 Å². The molecule has 2 rings (SSSR count). The Labute approximate surface area is 117 Å². The van der Waals surface area contributed by atoms with Gasteiger partial charge in [-0.3, -0.25) is 14.9 Å². The van der Waals surface area contributed by atoms with E-state index in [0.717, 1.165) is 6.42 Å². The van der Waals surface area contributed by atoms with Crippen LogP contribution in [-0.2, 0) is 0 Å². The largest absolute Gasteiger partial charge is 0.399 e. The first-order valence-corrected chi connectivity index (χ1v) is 6.81. The number of hydrogen-bond donors (Lipinski definition) is 2. The smallest absolute Gasteiger partial charge is 0.282 e. The van der Waals surface area contributed by atoms with E-state index in [-0.39, 0.29) is 11.3 Å². The zero-order valence-corrected chi connectivity index (χ0v) is 11.5. The van der Waals surface area contributed by atoms with Gasteiger partial charge >= 0.3 is 0 Å². The van der Waals surface area contributed by atoms with Crippen molar-refractivity contribution in [2.24, 2.45) is 11.8 Å². The van der Waals surface area contributed by atoms with Crippen LogP contribution in [0.3, 0.4) is 0 Å². The van der Waals surface area contributed by atoms with Crippen LogP contribution in [0.5, 0.6) is 0 Å². The van der Waals surface area contributed by atoms with Crippen LogP contribution >= 0.6 is 0 Å². The lowest BCUT2D eigenvalue weighted by Gasteiger charge is -2.16. The lowest BCUT2D eigenvalue weighted by Crippen LogP contribution is -2.30. The Kier molecular flexibility index (Phi) is 4.22. The van der Waals surface area contributed by atoms with Gasteiger partial charge in [-0.2, -0.15) is 0 Å². The van der Waals surface area contributed by atoms with Crippen LogP contribution in [0.15, 0.2) is 18.2 Å². The van der Waals surface area contributed by atoms with Crippen LogP contribution < -0.4 is 11.1 Å². The fraction of sp³-hybridized carbons (Fsp3) is 0.500. The normalized spacial score (nSPS) is 21.6. The van der Waals surface area contributed by atoms with Crippen LogP contribution in [0.1, 0.15) is 36.5 Å². The summed E-state index contributed by atoms with van der Waals surface area (Å²) >= 11 is 0. The molecule has 20 heavy (non-hydrogen) atoms. The molecule has 1 amide bonds. The number of nitrogen functional groups attached to an aromatic ring is 1. The van der Waals surface area contributed by atoms with Gasteiger partial charge in [0.05, 0.1) is 4.92 Å². The average molecular weight is 277 g/mol. The highest BCUT2D eigenvalue weighted by molar-refractivity contribution is 5.99. The Morgan fingerprint density at radius 3 is 2.85 bits per heavy atom. The lowest BCUT2D eigenvalue weighted by atomic mass is 9.98. The molecule has 108 valence electrons. The zero-order chi connectivity index (χ0) is 14.7. The summed E-state index contributed by atoms with van der Waals surface area (Å²) in [5.74, 6) is 0.619. The van der Waals surface area contributed by atoms with Crippen molar-refractivity contribution >= 4 is 17.3 Å². The van der Waals surface area contributed by atoms with Crippen molar-refractivity contribution in [2.45, 2.75) is 26.2 Å². The van der Waals surface area contributed by atoms with Gasteiger partial charge in [0, 0.05) is 18.3 Å². The first-order chi connectivity index (χ1) is 9.49. The van der Waals surface area contributed by atoms with Crippen molar-refractivity contribution in [3.05, 3.63) is 33.9 Å². The summed E-state index contributed by atoms with van der Waals surface area (Å²) in [4.78, 5) is 22.5. The predicted octanol–water partition coefficient (Wildman–Crippen LogP) is 2.34. The third-order valence-corrected chi connectivity index (χ3v) is 4.03. The van der Waals surface area contributed by atoms with Crippen molar-refractivity contribution in [1.29, 1.82) is 0 Å². The van der Waals surface area contributed by atoms with E-state index in [1.54, 1.807) is 0 Å². The second-order valence-corrected chi connectivity index (χ2v) is 5.41. The fourth-order valence-corrected chi connectivity index (χ4v) is 2.74. The first kappa shape index (κ1) is 14.3. The van der Waals surface area contributed by atoms with Gasteiger partial charge in [-0.15, -0.1) is 0 Å². The Morgan fingerprint density at radius 2 is 2.25 bits per heavy atom. The number of nitro benzene ring substituents is 1. The van der Waals surface area contributed by atoms with E-state index in [4.69, 9.17) is 5.73 Å².